The van der Waals surface area contributed by atoms with Gasteiger partial charge in [-0.05, 0) is 36.8 Å². The van der Waals surface area contributed by atoms with E-state index >= 15 is 0 Å². The number of halogens is 1. The Hall–Kier alpha value is -2.15. The quantitative estimate of drug-likeness (QED) is 0.579. The molecule has 82 valence electrons. The molecule has 0 atom stereocenters. The Morgan fingerprint density at radius 2 is 2.38 bits per heavy atom. The Bertz CT molecular complexity index is 461. The van der Waals surface area contributed by atoms with Gasteiger partial charge in [-0.3, -0.25) is 0 Å². The number of hydrogen-bond donors (Lipinski definition) is 0. The second kappa shape index (κ2) is 5.66. The first-order chi connectivity index (χ1) is 7.69. The lowest BCUT2D eigenvalue weighted by atomic mass is 10.1. The van der Waals surface area contributed by atoms with Crippen LogP contribution in [0.2, 0.25) is 0 Å². The molecule has 0 amide bonds. The van der Waals surface area contributed by atoms with Gasteiger partial charge in [0.25, 0.3) is 0 Å². The number of carbonyl (C=O) groups excluding carboxylic acids is 1. The number of allylic oxidation sites excluding steroid dienone is 1. The predicted octanol–water partition coefficient (Wildman–Crippen LogP) is 2.54. The molecular weight excluding hydrogens is 209 g/mol. The number of nitrogens with zero attached hydrogens (tertiary/aromatic N) is 1. The van der Waals surface area contributed by atoms with E-state index in [0.29, 0.717) is 5.56 Å². The first kappa shape index (κ1) is 11.9. The molecule has 1 aromatic rings. The summed E-state index contributed by atoms with van der Waals surface area (Å²) in [5.41, 5.74) is 0.578. The molecule has 16 heavy (non-hydrogen) atoms. The average Bonchev–Trinajstić information content (AvgIpc) is 2.26. The van der Waals surface area contributed by atoms with E-state index in [0.717, 1.165) is 0 Å². The third kappa shape index (κ3) is 2.92. The van der Waals surface area contributed by atoms with Crippen LogP contribution in [0.25, 0.3) is 6.08 Å². The lowest BCUT2D eigenvalue weighted by Crippen LogP contribution is -2.06. The topological polar surface area (TPSA) is 50.1 Å². The zero-order valence-corrected chi connectivity index (χ0v) is 8.74. The molecule has 0 aliphatic rings. The van der Waals surface area contributed by atoms with Crippen molar-refractivity contribution in [2.45, 2.75) is 6.92 Å². The van der Waals surface area contributed by atoms with Crippen LogP contribution in [0.5, 0.6) is 0 Å². The zero-order chi connectivity index (χ0) is 12.0. The first-order valence-electron chi connectivity index (χ1n) is 4.72. The molecule has 0 radical (unpaired) electrons. The Balaban J connectivity index is 3.13. The molecule has 1 rings (SSSR count). The summed E-state index contributed by atoms with van der Waals surface area (Å²) >= 11 is 0. The third-order valence-corrected chi connectivity index (χ3v) is 1.85. The summed E-state index contributed by atoms with van der Waals surface area (Å²) in [7, 11) is 0. The fourth-order valence-electron chi connectivity index (χ4n) is 1.19. The lowest BCUT2D eigenvalue weighted by molar-refractivity contribution is 0.0526. The average molecular weight is 219 g/mol. The summed E-state index contributed by atoms with van der Waals surface area (Å²) in [4.78, 5) is 11.5. The predicted molar refractivity (Wildman–Crippen MR) is 57.0 cm³/mol. The summed E-state index contributed by atoms with van der Waals surface area (Å²) < 4.78 is 17.8. The fourth-order valence-corrected chi connectivity index (χ4v) is 1.19. The van der Waals surface area contributed by atoms with Crippen molar-refractivity contribution < 1.29 is 13.9 Å². The molecule has 0 saturated heterocycles. The van der Waals surface area contributed by atoms with E-state index in [1.54, 1.807) is 13.0 Å². The minimum Gasteiger partial charge on any atom is -0.462 e. The minimum atomic E-state index is -0.528. The summed E-state index contributed by atoms with van der Waals surface area (Å²) in [5, 5.41) is 8.38. The van der Waals surface area contributed by atoms with Crippen LogP contribution in [-0.4, -0.2) is 12.6 Å². The van der Waals surface area contributed by atoms with Crippen LogP contribution in [0.4, 0.5) is 4.39 Å². The number of ether oxygens (including phenoxy) is 1. The molecule has 0 fully saturated rings. The molecular formula is C12H10FNO2. The molecule has 0 spiro atoms. The molecule has 0 saturated carbocycles. The second-order valence-electron chi connectivity index (χ2n) is 2.91. The molecule has 0 aromatic heterocycles. The molecule has 0 unspecified atom stereocenters. The first-order valence-corrected chi connectivity index (χ1v) is 4.72. The highest BCUT2D eigenvalue weighted by Gasteiger charge is 2.11. The van der Waals surface area contributed by atoms with E-state index in [9.17, 15) is 9.18 Å². The number of esters is 1. The van der Waals surface area contributed by atoms with Crippen molar-refractivity contribution in [3.8, 4) is 6.07 Å². The van der Waals surface area contributed by atoms with Crippen molar-refractivity contribution in [3.63, 3.8) is 0 Å². The summed E-state index contributed by atoms with van der Waals surface area (Å²) in [6.45, 7) is 1.93. The van der Waals surface area contributed by atoms with Gasteiger partial charge >= 0.3 is 5.97 Å². The van der Waals surface area contributed by atoms with Crippen molar-refractivity contribution in [2.75, 3.05) is 6.61 Å². The van der Waals surface area contributed by atoms with Crippen molar-refractivity contribution in [1.82, 2.24) is 0 Å². The van der Waals surface area contributed by atoms with Gasteiger partial charge in [-0.25, -0.2) is 9.18 Å². The van der Waals surface area contributed by atoms with E-state index in [1.165, 1.54) is 30.4 Å². The lowest BCUT2D eigenvalue weighted by Gasteiger charge is -2.05. The van der Waals surface area contributed by atoms with Crippen LogP contribution < -0.4 is 0 Å². The van der Waals surface area contributed by atoms with Gasteiger partial charge in [-0.2, -0.15) is 5.26 Å². The molecule has 0 bridgehead atoms. The Labute approximate surface area is 92.8 Å². The number of hydrogen-bond acceptors (Lipinski definition) is 3. The van der Waals surface area contributed by atoms with E-state index in [2.05, 4.69) is 0 Å². The number of rotatable bonds is 3. The smallest absolute Gasteiger partial charge is 0.338 e. The third-order valence-electron chi connectivity index (χ3n) is 1.85. The maximum absolute atomic E-state index is 13.0. The van der Waals surface area contributed by atoms with Gasteiger partial charge in [0.15, 0.2) is 0 Å². The molecule has 0 aliphatic heterocycles. The van der Waals surface area contributed by atoms with Crippen LogP contribution in [0.1, 0.15) is 22.8 Å². The minimum absolute atomic E-state index is 0.245. The zero-order valence-electron chi connectivity index (χ0n) is 8.74. The Morgan fingerprint density at radius 3 is 3.00 bits per heavy atom. The van der Waals surface area contributed by atoms with Crippen LogP contribution in [0.15, 0.2) is 24.3 Å². The number of nitriles is 1. The van der Waals surface area contributed by atoms with Gasteiger partial charge in [0.1, 0.15) is 5.82 Å². The molecule has 1 aromatic carbocycles. The van der Waals surface area contributed by atoms with Gasteiger partial charge in [0.05, 0.1) is 18.2 Å². The van der Waals surface area contributed by atoms with E-state index < -0.39 is 11.8 Å². The highest BCUT2D eigenvalue weighted by atomic mass is 19.1. The fraction of sp³-hybridized carbons (Fsp3) is 0.167. The summed E-state index contributed by atoms with van der Waals surface area (Å²) in [6, 6.07) is 5.47. The monoisotopic (exact) mass is 219 g/mol. The maximum atomic E-state index is 13.0. The molecule has 0 heterocycles. The highest BCUT2D eigenvalue weighted by Crippen LogP contribution is 2.14. The maximum Gasteiger partial charge on any atom is 0.338 e. The normalized spacial score (nSPS) is 10.1. The second-order valence-corrected chi connectivity index (χ2v) is 2.91. The number of benzene rings is 1. The van der Waals surface area contributed by atoms with Crippen molar-refractivity contribution >= 4 is 12.0 Å². The van der Waals surface area contributed by atoms with Gasteiger partial charge in [0, 0.05) is 6.08 Å². The highest BCUT2D eigenvalue weighted by molar-refractivity contribution is 5.93. The summed E-state index contributed by atoms with van der Waals surface area (Å²) in [5.74, 6) is -0.995. The number of carbonyl (C=O) groups is 1. The van der Waals surface area contributed by atoms with Crippen molar-refractivity contribution in [2.24, 2.45) is 0 Å². The van der Waals surface area contributed by atoms with Crippen LogP contribution in [-0.2, 0) is 4.74 Å². The van der Waals surface area contributed by atoms with Crippen LogP contribution >= 0.6 is 0 Å². The molecule has 0 aliphatic carbocycles. The molecule has 0 N–H and O–H groups in total. The SMILES string of the molecule is CCOC(=O)c1ccc(F)cc1C=CC#N. The van der Waals surface area contributed by atoms with Gasteiger partial charge in [0.2, 0.25) is 0 Å². The van der Waals surface area contributed by atoms with E-state index in [1.807, 2.05) is 0 Å². The van der Waals surface area contributed by atoms with Crippen LogP contribution in [0, 0.1) is 17.1 Å². The Kier molecular flexibility index (Phi) is 4.22. The van der Waals surface area contributed by atoms with Crippen molar-refractivity contribution in [1.29, 1.82) is 5.26 Å². The standard InChI is InChI=1S/C12H10FNO2/c1-2-16-12(15)11-6-5-10(13)8-9(11)4-3-7-14/h3-6,8H,2H2,1H3. The van der Waals surface area contributed by atoms with Gasteiger partial charge in [-0.1, -0.05) is 0 Å². The summed E-state index contributed by atoms with van der Waals surface area (Å²) in [6.07, 6.45) is 2.55. The molecule has 4 heteroatoms. The molecule has 3 nitrogen and oxygen atoms in total. The van der Waals surface area contributed by atoms with Crippen LogP contribution in [0.3, 0.4) is 0 Å². The van der Waals surface area contributed by atoms with Crippen molar-refractivity contribution in [3.05, 3.63) is 41.2 Å². The van der Waals surface area contributed by atoms with E-state index in [-0.39, 0.29) is 12.2 Å². The largest absolute Gasteiger partial charge is 0.462 e. The van der Waals surface area contributed by atoms with Gasteiger partial charge < -0.3 is 4.74 Å². The van der Waals surface area contributed by atoms with Gasteiger partial charge in [-0.15, -0.1) is 0 Å². The Morgan fingerprint density at radius 1 is 1.62 bits per heavy atom. The van der Waals surface area contributed by atoms with E-state index in [4.69, 9.17) is 10.00 Å².